The number of carbonyl (C=O) groups is 2. The van der Waals surface area contributed by atoms with Crippen molar-refractivity contribution in [1.82, 2.24) is 0 Å². The van der Waals surface area contributed by atoms with Gasteiger partial charge in [-0.15, -0.1) is 0 Å². The molecule has 1 aliphatic carbocycles. The molecule has 8 atom stereocenters. The number of aliphatic hydroxyl groups excluding tert-OH is 4. The van der Waals surface area contributed by atoms with Crippen LogP contribution in [0.3, 0.4) is 0 Å². The van der Waals surface area contributed by atoms with Gasteiger partial charge in [-0.2, -0.15) is 0 Å². The second-order valence-corrected chi connectivity index (χ2v) is 8.17. The summed E-state index contributed by atoms with van der Waals surface area (Å²) in [6.45, 7) is 3.21. The normalized spacial score (nSPS) is 42.3. The Morgan fingerprint density at radius 1 is 1.10 bits per heavy atom. The van der Waals surface area contributed by atoms with Crippen LogP contribution in [-0.2, 0) is 28.5 Å². The predicted molar refractivity (Wildman–Crippen MR) is 102 cm³/mol. The fourth-order valence-electron chi connectivity index (χ4n) is 4.36. The smallest absolute Gasteiger partial charge is 0.334 e. The van der Waals surface area contributed by atoms with Crippen LogP contribution in [0.25, 0.3) is 0 Å². The van der Waals surface area contributed by atoms with E-state index in [0.29, 0.717) is 24.8 Å². The molecule has 4 rings (SSSR count). The highest BCUT2D eigenvalue weighted by Gasteiger charge is 2.48. The number of hydrogen-bond acceptors (Lipinski definition) is 10. The molecule has 5 unspecified atom stereocenters. The fraction of sp³-hybridized carbons (Fsp3) is 0.619. The van der Waals surface area contributed by atoms with Crippen LogP contribution >= 0.6 is 0 Å². The Morgan fingerprint density at radius 2 is 1.87 bits per heavy atom. The van der Waals surface area contributed by atoms with E-state index in [4.69, 9.17) is 18.9 Å². The van der Waals surface area contributed by atoms with Crippen molar-refractivity contribution in [3.8, 4) is 0 Å². The van der Waals surface area contributed by atoms with Gasteiger partial charge in [0.25, 0.3) is 0 Å². The van der Waals surface area contributed by atoms with Gasteiger partial charge in [-0.25, -0.2) is 9.59 Å². The number of aliphatic hydroxyl groups is 4. The average molecular weight is 438 g/mol. The highest BCUT2D eigenvalue weighted by molar-refractivity contribution is 5.93. The molecule has 2 bridgehead atoms. The summed E-state index contributed by atoms with van der Waals surface area (Å²) in [6.07, 6.45) is -3.18. The maximum absolute atomic E-state index is 12.1. The third kappa shape index (κ3) is 4.19. The van der Waals surface area contributed by atoms with Crippen molar-refractivity contribution in [3.63, 3.8) is 0 Å². The molecule has 0 saturated carbocycles. The number of rotatable bonds is 4. The van der Waals surface area contributed by atoms with Crippen molar-refractivity contribution >= 4 is 11.9 Å². The summed E-state index contributed by atoms with van der Waals surface area (Å²) in [6, 6.07) is 0. The van der Waals surface area contributed by atoms with Crippen molar-refractivity contribution in [2.75, 3.05) is 13.2 Å². The van der Waals surface area contributed by atoms with Crippen molar-refractivity contribution in [2.24, 2.45) is 5.92 Å². The lowest BCUT2D eigenvalue weighted by Crippen LogP contribution is -2.59. The van der Waals surface area contributed by atoms with Crippen LogP contribution in [0.2, 0.25) is 0 Å². The molecule has 3 fully saturated rings. The van der Waals surface area contributed by atoms with Gasteiger partial charge < -0.3 is 39.4 Å². The van der Waals surface area contributed by atoms with Crippen LogP contribution in [0, 0.1) is 5.92 Å². The Bertz CT molecular complexity index is 815. The summed E-state index contributed by atoms with van der Waals surface area (Å²) in [4.78, 5) is 24.3. The van der Waals surface area contributed by atoms with E-state index in [0.717, 1.165) is 5.57 Å². The van der Waals surface area contributed by atoms with E-state index in [9.17, 15) is 30.0 Å². The molecule has 0 aromatic rings. The largest absolute Gasteiger partial charge is 0.458 e. The SMILES string of the molecule is C=C1C(=O)O[C@@H]2/C=C(\COC3OC(CO)C(O)C(O)C3O)CCC=C3C[C@H](OC3=O)[C@@H]12. The first-order chi connectivity index (χ1) is 14.8. The maximum Gasteiger partial charge on any atom is 0.334 e. The zero-order valence-electron chi connectivity index (χ0n) is 16.8. The summed E-state index contributed by atoms with van der Waals surface area (Å²) in [5.74, 6) is -1.46. The van der Waals surface area contributed by atoms with Gasteiger partial charge in [0, 0.05) is 17.6 Å². The molecule has 10 heteroatoms. The van der Waals surface area contributed by atoms with E-state index in [-0.39, 0.29) is 12.2 Å². The van der Waals surface area contributed by atoms with Crippen molar-refractivity contribution in [1.29, 1.82) is 0 Å². The molecule has 4 N–H and O–H groups in total. The van der Waals surface area contributed by atoms with Crippen LogP contribution in [-0.4, -0.2) is 88.5 Å². The van der Waals surface area contributed by atoms with E-state index in [1.165, 1.54) is 0 Å². The molecule has 0 spiro atoms. The molecule has 3 aliphatic heterocycles. The van der Waals surface area contributed by atoms with Crippen LogP contribution < -0.4 is 0 Å². The lowest BCUT2D eigenvalue weighted by molar-refractivity contribution is -0.299. The van der Waals surface area contributed by atoms with Gasteiger partial charge in [-0.05, 0) is 24.5 Å². The van der Waals surface area contributed by atoms with E-state index in [1.54, 1.807) is 12.2 Å². The quantitative estimate of drug-likeness (QED) is 0.241. The first-order valence-electron chi connectivity index (χ1n) is 10.2. The molecule has 0 amide bonds. The van der Waals surface area contributed by atoms with Gasteiger partial charge in [0.15, 0.2) is 6.29 Å². The molecule has 4 aliphatic rings. The molecule has 3 saturated heterocycles. The Balaban J connectivity index is 1.52. The van der Waals surface area contributed by atoms with Crippen LogP contribution in [0.4, 0.5) is 0 Å². The van der Waals surface area contributed by atoms with E-state index < -0.39 is 67.4 Å². The number of allylic oxidation sites excluding steroid dienone is 1. The highest BCUT2D eigenvalue weighted by Crippen LogP contribution is 2.39. The van der Waals surface area contributed by atoms with Gasteiger partial charge in [-0.1, -0.05) is 12.7 Å². The predicted octanol–water partition coefficient (Wildman–Crippen LogP) is -1.14. The van der Waals surface area contributed by atoms with Crippen LogP contribution in [0.15, 0.2) is 35.5 Å². The van der Waals surface area contributed by atoms with E-state index in [2.05, 4.69) is 6.58 Å². The first-order valence-corrected chi connectivity index (χ1v) is 10.2. The van der Waals surface area contributed by atoms with Gasteiger partial charge >= 0.3 is 11.9 Å². The maximum atomic E-state index is 12.1. The number of ether oxygens (including phenoxy) is 4. The molecular weight excluding hydrogens is 412 g/mol. The van der Waals surface area contributed by atoms with Gasteiger partial charge in [-0.3, -0.25) is 0 Å². The van der Waals surface area contributed by atoms with Crippen molar-refractivity contribution in [3.05, 3.63) is 35.5 Å². The average Bonchev–Trinajstić information content (AvgIpc) is 3.23. The summed E-state index contributed by atoms with van der Waals surface area (Å²) in [7, 11) is 0. The second-order valence-electron chi connectivity index (χ2n) is 8.17. The zero-order chi connectivity index (χ0) is 22.3. The fourth-order valence-corrected chi connectivity index (χ4v) is 4.36. The summed E-state index contributed by atoms with van der Waals surface area (Å²) in [5, 5.41) is 39.3. The van der Waals surface area contributed by atoms with E-state index >= 15 is 0 Å². The highest BCUT2D eigenvalue weighted by atomic mass is 16.7. The van der Waals surface area contributed by atoms with E-state index in [1.807, 2.05) is 0 Å². The molecule has 31 heavy (non-hydrogen) atoms. The number of fused-ring (bicyclic) bond motifs is 4. The lowest BCUT2D eigenvalue weighted by Gasteiger charge is -2.39. The first kappa shape index (κ1) is 22.1. The number of esters is 2. The minimum Gasteiger partial charge on any atom is -0.458 e. The summed E-state index contributed by atoms with van der Waals surface area (Å²) < 4.78 is 21.9. The molecule has 0 aromatic carbocycles. The number of hydrogen-bond donors (Lipinski definition) is 4. The molecule has 10 nitrogen and oxygen atoms in total. The molecular formula is C21H26O10. The van der Waals surface area contributed by atoms with Crippen molar-refractivity contribution < 1.29 is 49.0 Å². The lowest BCUT2D eigenvalue weighted by atomic mass is 9.86. The molecule has 3 heterocycles. The Labute approximate surface area is 178 Å². The molecule has 170 valence electrons. The van der Waals surface area contributed by atoms with Gasteiger partial charge in [0.1, 0.15) is 36.6 Å². The minimum absolute atomic E-state index is 0.0292. The number of carbonyl (C=O) groups excluding carboxylic acids is 2. The monoisotopic (exact) mass is 438 g/mol. The Morgan fingerprint density at radius 3 is 2.61 bits per heavy atom. The summed E-state index contributed by atoms with van der Waals surface area (Å²) >= 11 is 0. The summed E-state index contributed by atoms with van der Waals surface area (Å²) in [5.41, 5.74) is 1.52. The second kappa shape index (κ2) is 8.81. The molecule has 0 aromatic heterocycles. The van der Waals surface area contributed by atoms with Crippen molar-refractivity contribution in [2.45, 2.75) is 62.2 Å². The Kier molecular flexibility index (Phi) is 6.29. The molecule has 0 radical (unpaired) electrons. The zero-order valence-corrected chi connectivity index (χ0v) is 16.8. The van der Waals surface area contributed by atoms with Crippen LogP contribution in [0.1, 0.15) is 19.3 Å². The van der Waals surface area contributed by atoms with Gasteiger partial charge in [0.05, 0.1) is 19.1 Å². The minimum atomic E-state index is -1.54. The Hall–Kier alpha value is -2.08. The third-order valence-electron chi connectivity index (χ3n) is 6.14. The third-order valence-corrected chi connectivity index (χ3v) is 6.14. The van der Waals surface area contributed by atoms with Crippen LogP contribution in [0.5, 0.6) is 0 Å². The van der Waals surface area contributed by atoms with Gasteiger partial charge in [0.2, 0.25) is 0 Å². The topological polar surface area (TPSA) is 152 Å². The standard InChI is InChI=1S/C21H26O10/c1-9-15-12(29-19(9)26)5-10(3-2-4-11-6-13(15)30-20(11)27)8-28-21-18(25)17(24)16(23)14(7-22)31-21/h4-5,12-18,21-25H,1-3,6-8H2/b10-5-,11-4?/t12-,13+,14?,15+,16?,17?,18?,21?/m1/s1.